The number of carbonyl (C=O) groups is 1. The lowest BCUT2D eigenvalue weighted by Gasteiger charge is -2.29. The monoisotopic (exact) mass is 432 g/mol. The van der Waals surface area contributed by atoms with E-state index in [9.17, 15) is 4.79 Å². The molecule has 0 unspecified atom stereocenters. The van der Waals surface area contributed by atoms with E-state index in [0.29, 0.717) is 37.1 Å². The standard InChI is InChI=1S/C22H24N8O2/c1-13-8-19(25-12-24-13)30-7-6-17-18(9-30)28-21(29-20(17)23)14-2-4-15(5-3-14)26-22(31)27-16-10-32-11-16/h2-5,8,12,16H,6-7,9-11H2,1H3,(H2,23,28,29)(H2,26,27,31). The lowest BCUT2D eigenvalue weighted by atomic mass is 10.0. The second-order valence-corrected chi connectivity index (χ2v) is 7.96. The van der Waals surface area contributed by atoms with Crippen molar-refractivity contribution >= 4 is 23.4 Å². The van der Waals surface area contributed by atoms with E-state index in [1.54, 1.807) is 6.33 Å². The van der Waals surface area contributed by atoms with Crippen LogP contribution in [0.5, 0.6) is 0 Å². The van der Waals surface area contributed by atoms with Gasteiger partial charge in [0.05, 0.1) is 31.5 Å². The number of anilines is 3. The number of hydrogen-bond acceptors (Lipinski definition) is 8. The average molecular weight is 432 g/mol. The number of aromatic nitrogens is 4. The molecular formula is C22H24N8O2. The molecule has 4 heterocycles. The minimum absolute atomic E-state index is 0.0759. The highest BCUT2D eigenvalue weighted by Crippen LogP contribution is 2.28. The Balaban J connectivity index is 1.33. The van der Waals surface area contributed by atoms with Gasteiger partial charge in [-0.1, -0.05) is 0 Å². The molecule has 0 bridgehead atoms. The van der Waals surface area contributed by atoms with Gasteiger partial charge in [-0.05, 0) is 37.6 Å². The Bertz CT molecular complexity index is 1150. The van der Waals surface area contributed by atoms with E-state index >= 15 is 0 Å². The molecule has 0 radical (unpaired) electrons. The first-order chi connectivity index (χ1) is 15.5. The summed E-state index contributed by atoms with van der Waals surface area (Å²) in [6.45, 7) is 4.46. The molecule has 1 saturated heterocycles. The number of ether oxygens (including phenoxy) is 1. The summed E-state index contributed by atoms with van der Waals surface area (Å²) in [5, 5.41) is 5.66. The average Bonchev–Trinajstić information content (AvgIpc) is 2.76. The molecule has 32 heavy (non-hydrogen) atoms. The Morgan fingerprint density at radius 2 is 2.00 bits per heavy atom. The lowest BCUT2D eigenvalue weighted by Crippen LogP contribution is -2.49. The van der Waals surface area contributed by atoms with Crippen LogP contribution in [0.2, 0.25) is 0 Å². The molecule has 10 nitrogen and oxygen atoms in total. The Morgan fingerprint density at radius 3 is 2.72 bits per heavy atom. The Labute approximate surface area is 185 Å². The molecule has 10 heteroatoms. The van der Waals surface area contributed by atoms with Crippen LogP contribution >= 0.6 is 0 Å². The van der Waals surface area contributed by atoms with E-state index in [4.69, 9.17) is 15.5 Å². The summed E-state index contributed by atoms with van der Waals surface area (Å²) in [7, 11) is 0. The zero-order valence-corrected chi connectivity index (χ0v) is 17.7. The maximum atomic E-state index is 12.0. The van der Waals surface area contributed by atoms with Gasteiger partial charge < -0.3 is 26.0 Å². The normalized spacial score (nSPS) is 15.6. The summed E-state index contributed by atoms with van der Waals surface area (Å²) in [5.74, 6) is 1.95. The van der Waals surface area contributed by atoms with Crippen molar-refractivity contribution in [2.24, 2.45) is 0 Å². The minimum Gasteiger partial charge on any atom is -0.383 e. The predicted octanol–water partition coefficient (Wildman–Crippen LogP) is 1.91. The zero-order chi connectivity index (χ0) is 22.1. The van der Waals surface area contributed by atoms with Gasteiger partial charge in [-0.15, -0.1) is 0 Å². The summed E-state index contributed by atoms with van der Waals surface area (Å²) in [6, 6.07) is 9.18. The van der Waals surface area contributed by atoms with Gasteiger partial charge in [0.1, 0.15) is 18.0 Å². The highest BCUT2D eigenvalue weighted by molar-refractivity contribution is 5.89. The van der Waals surface area contributed by atoms with Crippen LogP contribution in [0.3, 0.4) is 0 Å². The maximum Gasteiger partial charge on any atom is 0.319 e. The molecule has 0 spiro atoms. The zero-order valence-electron chi connectivity index (χ0n) is 17.7. The summed E-state index contributed by atoms with van der Waals surface area (Å²) < 4.78 is 5.06. The van der Waals surface area contributed by atoms with Crippen LogP contribution in [-0.2, 0) is 17.7 Å². The molecular weight excluding hydrogens is 408 g/mol. The van der Waals surface area contributed by atoms with Crippen molar-refractivity contribution in [3.63, 3.8) is 0 Å². The van der Waals surface area contributed by atoms with Crippen molar-refractivity contribution in [2.75, 3.05) is 35.7 Å². The number of nitrogens with one attached hydrogen (secondary N) is 2. The van der Waals surface area contributed by atoms with Crippen molar-refractivity contribution in [3.8, 4) is 11.4 Å². The molecule has 2 aromatic heterocycles. The van der Waals surface area contributed by atoms with E-state index < -0.39 is 0 Å². The van der Waals surface area contributed by atoms with Crippen LogP contribution in [0.4, 0.5) is 22.1 Å². The Hall–Kier alpha value is -3.79. The molecule has 2 amide bonds. The van der Waals surface area contributed by atoms with E-state index in [1.807, 2.05) is 37.3 Å². The van der Waals surface area contributed by atoms with Gasteiger partial charge in [-0.2, -0.15) is 0 Å². The third-order valence-corrected chi connectivity index (χ3v) is 5.58. The summed E-state index contributed by atoms with van der Waals surface area (Å²) >= 11 is 0. The van der Waals surface area contributed by atoms with Crippen molar-refractivity contribution < 1.29 is 9.53 Å². The van der Waals surface area contributed by atoms with Gasteiger partial charge in [0.2, 0.25) is 0 Å². The smallest absolute Gasteiger partial charge is 0.319 e. The van der Waals surface area contributed by atoms with Gasteiger partial charge in [-0.3, -0.25) is 0 Å². The molecule has 2 aliphatic heterocycles. The molecule has 2 aliphatic rings. The fourth-order valence-electron chi connectivity index (χ4n) is 3.77. The first-order valence-electron chi connectivity index (χ1n) is 10.5. The van der Waals surface area contributed by atoms with Crippen LogP contribution in [0.1, 0.15) is 17.0 Å². The number of aryl methyl sites for hydroxylation is 1. The maximum absolute atomic E-state index is 12.0. The van der Waals surface area contributed by atoms with Gasteiger partial charge in [-0.25, -0.2) is 24.7 Å². The lowest BCUT2D eigenvalue weighted by molar-refractivity contribution is 0.000735. The quantitative estimate of drug-likeness (QED) is 0.570. The number of rotatable bonds is 4. The van der Waals surface area contributed by atoms with E-state index in [0.717, 1.165) is 41.3 Å². The summed E-state index contributed by atoms with van der Waals surface area (Å²) in [4.78, 5) is 32.1. The van der Waals surface area contributed by atoms with Gasteiger partial charge in [0.15, 0.2) is 5.82 Å². The van der Waals surface area contributed by atoms with Crippen molar-refractivity contribution in [2.45, 2.75) is 25.9 Å². The number of nitrogen functional groups attached to an aromatic ring is 1. The van der Waals surface area contributed by atoms with Crippen LogP contribution in [0.15, 0.2) is 36.7 Å². The van der Waals surface area contributed by atoms with E-state index in [-0.39, 0.29) is 12.1 Å². The number of carbonyl (C=O) groups excluding carboxylic acids is 1. The Kier molecular flexibility index (Phi) is 5.28. The van der Waals surface area contributed by atoms with Gasteiger partial charge in [0.25, 0.3) is 0 Å². The topological polar surface area (TPSA) is 131 Å². The van der Waals surface area contributed by atoms with Crippen molar-refractivity contribution in [1.82, 2.24) is 25.3 Å². The van der Waals surface area contributed by atoms with Crippen molar-refractivity contribution in [3.05, 3.63) is 53.6 Å². The molecule has 1 fully saturated rings. The number of fused-ring (bicyclic) bond motifs is 1. The third kappa shape index (κ3) is 4.17. The highest BCUT2D eigenvalue weighted by Gasteiger charge is 2.23. The number of nitrogens with zero attached hydrogens (tertiary/aromatic N) is 5. The number of amides is 2. The van der Waals surface area contributed by atoms with Gasteiger partial charge >= 0.3 is 6.03 Å². The van der Waals surface area contributed by atoms with Crippen LogP contribution < -0.4 is 21.3 Å². The fourth-order valence-corrected chi connectivity index (χ4v) is 3.77. The molecule has 5 rings (SSSR count). The molecule has 164 valence electrons. The molecule has 4 N–H and O–H groups in total. The minimum atomic E-state index is -0.250. The molecule has 0 saturated carbocycles. The fraction of sp³-hybridized carbons (Fsp3) is 0.318. The molecule has 1 aromatic carbocycles. The summed E-state index contributed by atoms with van der Waals surface area (Å²) in [6.07, 6.45) is 2.34. The summed E-state index contributed by atoms with van der Waals surface area (Å²) in [5.41, 5.74) is 10.6. The second-order valence-electron chi connectivity index (χ2n) is 7.96. The first-order valence-corrected chi connectivity index (χ1v) is 10.5. The van der Waals surface area contributed by atoms with Gasteiger partial charge in [0, 0.05) is 35.1 Å². The SMILES string of the molecule is Cc1cc(N2CCc3c(N)nc(-c4ccc(NC(=O)NC5COC5)cc4)nc3C2)ncn1. The first kappa shape index (κ1) is 20.1. The number of benzene rings is 1. The predicted molar refractivity (Wildman–Crippen MR) is 120 cm³/mol. The highest BCUT2D eigenvalue weighted by atomic mass is 16.5. The number of nitrogens with two attached hydrogens (primary N) is 1. The van der Waals surface area contributed by atoms with Crippen LogP contribution in [0, 0.1) is 6.92 Å². The third-order valence-electron chi connectivity index (χ3n) is 5.58. The van der Waals surface area contributed by atoms with Crippen molar-refractivity contribution in [1.29, 1.82) is 0 Å². The van der Waals surface area contributed by atoms with E-state index in [1.165, 1.54) is 0 Å². The Morgan fingerprint density at radius 1 is 1.19 bits per heavy atom. The molecule has 0 atom stereocenters. The van der Waals surface area contributed by atoms with Crippen LogP contribution in [-0.4, -0.2) is 51.8 Å². The van der Waals surface area contributed by atoms with Crippen LogP contribution in [0.25, 0.3) is 11.4 Å². The molecule has 0 aliphatic carbocycles. The van der Waals surface area contributed by atoms with E-state index in [2.05, 4.69) is 30.5 Å². The molecule has 3 aromatic rings. The largest absolute Gasteiger partial charge is 0.383 e. The second kappa shape index (κ2) is 8.39. The number of hydrogen-bond donors (Lipinski definition) is 3. The number of urea groups is 1.